The number of hydrogen-bond donors (Lipinski definition) is 1. The van der Waals surface area contributed by atoms with E-state index in [1.165, 1.54) is 6.07 Å². The van der Waals surface area contributed by atoms with Gasteiger partial charge in [0.25, 0.3) is 0 Å². The molecule has 0 saturated heterocycles. The molecule has 0 radical (unpaired) electrons. The van der Waals surface area contributed by atoms with Crippen molar-refractivity contribution in [3.63, 3.8) is 0 Å². The molecule has 0 saturated carbocycles. The number of carboxylic acid groups (broad SMARTS) is 1. The Bertz CT molecular complexity index is 679. The van der Waals surface area contributed by atoms with Crippen LogP contribution in [-0.2, 0) is 17.8 Å². The van der Waals surface area contributed by atoms with Gasteiger partial charge in [-0.05, 0) is 17.2 Å². The number of para-hydroxylation sites is 1. The number of carbonyl (C=O) groups is 2. The number of benzene rings is 2. The number of rotatable bonds is 3. The fourth-order valence-electron chi connectivity index (χ4n) is 2.54. The molecule has 1 heterocycles. The minimum atomic E-state index is -1.00. The lowest BCUT2D eigenvalue weighted by molar-refractivity contribution is -0.117. The lowest BCUT2D eigenvalue weighted by Gasteiger charge is -2.19. The van der Waals surface area contributed by atoms with Gasteiger partial charge in [-0.3, -0.25) is 4.79 Å². The number of aromatic carboxylic acids is 1. The second-order valence-corrected chi connectivity index (χ2v) is 4.76. The second kappa shape index (κ2) is 4.81. The predicted molar refractivity (Wildman–Crippen MR) is 74.7 cm³/mol. The van der Waals surface area contributed by atoms with Crippen LogP contribution >= 0.6 is 0 Å². The first kappa shape index (κ1) is 12.4. The fraction of sp³-hybridized carbons (Fsp3) is 0.125. The molecule has 0 spiro atoms. The van der Waals surface area contributed by atoms with Gasteiger partial charge in [-0.2, -0.15) is 0 Å². The molecule has 0 bridgehead atoms. The predicted octanol–water partition coefficient (Wildman–Crippen LogP) is 2.47. The third-order valence-corrected chi connectivity index (χ3v) is 3.45. The highest BCUT2D eigenvalue weighted by Crippen LogP contribution is 2.33. The van der Waals surface area contributed by atoms with Gasteiger partial charge in [0, 0.05) is 0 Å². The van der Waals surface area contributed by atoms with Crippen LogP contribution < -0.4 is 4.90 Å². The normalized spacial score (nSPS) is 13.4. The van der Waals surface area contributed by atoms with E-state index in [2.05, 4.69) is 0 Å². The van der Waals surface area contributed by atoms with Crippen molar-refractivity contribution in [3.8, 4) is 0 Å². The monoisotopic (exact) mass is 267 g/mol. The van der Waals surface area contributed by atoms with Crippen LogP contribution in [0.5, 0.6) is 0 Å². The number of amides is 1. The van der Waals surface area contributed by atoms with Gasteiger partial charge in [-0.15, -0.1) is 0 Å². The molecular formula is C16H13NO3. The van der Waals surface area contributed by atoms with E-state index in [0.29, 0.717) is 12.2 Å². The van der Waals surface area contributed by atoms with E-state index in [-0.39, 0.29) is 17.9 Å². The first-order chi connectivity index (χ1) is 9.66. The second-order valence-electron chi connectivity index (χ2n) is 4.76. The average molecular weight is 267 g/mol. The summed E-state index contributed by atoms with van der Waals surface area (Å²) >= 11 is 0. The summed E-state index contributed by atoms with van der Waals surface area (Å²) in [6.07, 6.45) is 0.267. The summed E-state index contributed by atoms with van der Waals surface area (Å²) in [6, 6.07) is 14.6. The molecule has 4 heteroatoms. The van der Waals surface area contributed by atoms with E-state index < -0.39 is 5.97 Å². The van der Waals surface area contributed by atoms with Crippen LogP contribution in [0.15, 0.2) is 48.5 Å². The number of carbonyl (C=O) groups excluding carboxylic acids is 1. The van der Waals surface area contributed by atoms with Gasteiger partial charge in [0.1, 0.15) is 0 Å². The van der Waals surface area contributed by atoms with Crippen molar-refractivity contribution < 1.29 is 14.7 Å². The van der Waals surface area contributed by atoms with Crippen molar-refractivity contribution in [1.82, 2.24) is 0 Å². The molecule has 2 aromatic rings. The molecular weight excluding hydrogens is 254 g/mol. The van der Waals surface area contributed by atoms with E-state index in [4.69, 9.17) is 0 Å². The van der Waals surface area contributed by atoms with Gasteiger partial charge in [-0.1, -0.05) is 42.5 Å². The van der Waals surface area contributed by atoms with E-state index in [1.54, 1.807) is 11.0 Å². The molecule has 0 atom stereocenters. The Morgan fingerprint density at radius 3 is 2.55 bits per heavy atom. The molecule has 3 rings (SSSR count). The molecule has 1 aliphatic rings. The first-order valence-electron chi connectivity index (χ1n) is 6.36. The highest BCUT2D eigenvalue weighted by atomic mass is 16.4. The van der Waals surface area contributed by atoms with Crippen molar-refractivity contribution in [2.24, 2.45) is 0 Å². The first-order valence-corrected chi connectivity index (χ1v) is 6.36. The van der Waals surface area contributed by atoms with Gasteiger partial charge in [0.2, 0.25) is 5.91 Å². The topological polar surface area (TPSA) is 57.6 Å². The zero-order valence-electron chi connectivity index (χ0n) is 10.7. The third-order valence-electron chi connectivity index (χ3n) is 3.45. The van der Waals surface area contributed by atoms with Crippen LogP contribution in [0.3, 0.4) is 0 Å². The average Bonchev–Trinajstić information content (AvgIpc) is 2.76. The van der Waals surface area contributed by atoms with E-state index in [9.17, 15) is 14.7 Å². The highest BCUT2D eigenvalue weighted by molar-refractivity contribution is 6.08. The standard InChI is InChI=1S/C16H13NO3/c18-14-9-12-7-4-8-13(16(19)20)15(12)17(14)10-11-5-2-1-3-6-11/h1-8H,9-10H2,(H,19,20). The zero-order chi connectivity index (χ0) is 14.1. The van der Waals surface area contributed by atoms with Crippen LogP contribution in [0.4, 0.5) is 5.69 Å². The van der Waals surface area contributed by atoms with E-state index in [0.717, 1.165) is 11.1 Å². The molecule has 0 aliphatic carbocycles. The maximum Gasteiger partial charge on any atom is 0.337 e. The summed E-state index contributed by atoms with van der Waals surface area (Å²) in [5.41, 5.74) is 2.48. The fourth-order valence-corrected chi connectivity index (χ4v) is 2.54. The van der Waals surface area contributed by atoms with Gasteiger partial charge in [0.05, 0.1) is 24.2 Å². The van der Waals surface area contributed by atoms with Gasteiger partial charge in [-0.25, -0.2) is 4.79 Å². The van der Waals surface area contributed by atoms with Crippen LogP contribution in [0.25, 0.3) is 0 Å². The Morgan fingerprint density at radius 1 is 1.10 bits per heavy atom. The number of carboxylic acids is 1. The summed E-state index contributed by atoms with van der Waals surface area (Å²) in [4.78, 5) is 25.0. The Kier molecular flexibility index (Phi) is 2.99. The molecule has 0 unspecified atom stereocenters. The maximum atomic E-state index is 12.1. The maximum absolute atomic E-state index is 12.1. The number of hydrogen-bond acceptors (Lipinski definition) is 2. The van der Waals surface area contributed by atoms with Gasteiger partial charge in [0.15, 0.2) is 0 Å². The Balaban J connectivity index is 2.03. The molecule has 1 amide bonds. The minimum Gasteiger partial charge on any atom is -0.478 e. The molecule has 4 nitrogen and oxygen atoms in total. The highest BCUT2D eigenvalue weighted by Gasteiger charge is 2.31. The lowest BCUT2D eigenvalue weighted by Crippen LogP contribution is -2.27. The van der Waals surface area contributed by atoms with Gasteiger partial charge >= 0.3 is 5.97 Å². The smallest absolute Gasteiger partial charge is 0.337 e. The van der Waals surface area contributed by atoms with Crippen LogP contribution in [0.2, 0.25) is 0 Å². The van der Waals surface area contributed by atoms with Crippen molar-refractivity contribution in [1.29, 1.82) is 0 Å². The molecule has 0 aromatic heterocycles. The summed E-state index contributed by atoms with van der Waals surface area (Å²) in [7, 11) is 0. The van der Waals surface area contributed by atoms with Crippen molar-refractivity contribution in [2.75, 3.05) is 4.90 Å². The zero-order valence-corrected chi connectivity index (χ0v) is 10.7. The molecule has 20 heavy (non-hydrogen) atoms. The number of anilines is 1. The summed E-state index contributed by atoms with van der Waals surface area (Å²) < 4.78 is 0. The quantitative estimate of drug-likeness (QED) is 0.929. The number of nitrogens with zero attached hydrogens (tertiary/aromatic N) is 1. The van der Waals surface area contributed by atoms with Crippen LogP contribution in [-0.4, -0.2) is 17.0 Å². The molecule has 100 valence electrons. The van der Waals surface area contributed by atoms with Gasteiger partial charge < -0.3 is 10.0 Å². The molecule has 1 aliphatic heterocycles. The molecule has 2 aromatic carbocycles. The van der Waals surface area contributed by atoms with Crippen LogP contribution in [0.1, 0.15) is 21.5 Å². The largest absolute Gasteiger partial charge is 0.478 e. The third kappa shape index (κ3) is 2.05. The van der Waals surface area contributed by atoms with E-state index in [1.807, 2.05) is 36.4 Å². The molecule has 1 N–H and O–H groups in total. The number of fused-ring (bicyclic) bond motifs is 1. The van der Waals surface area contributed by atoms with Crippen LogP contribution in [0, 0.1) is 0 Å². The molecule has 0 fully saturated rings. The lowest BCUT2D eigenvalue weighted by atomic mass is 10.1. The summed E-state index contributed by atoms with van der Waals surface area (Å²) in [5, 5.41) is 9.28. The van der Waals surface area contributed by atoms with Crippen molar-refractivity contribution >= 4 is 17.6 Å². The summed E-state index contributed by atoms with van der Waals surface area (Å²) in [6.45, 7) is 0.400. The summed E-state index contributed by atoms with van der Waals surface area (Å²) in [5.74, 6) is -1.06. The Labute approximate surface area is 116 Å². The Hall–Kier alpha value is -2.62. The Morgan fingerprint density at radius 2 is 1.85 bits per heavy atom. The minimum absolute atomic E-state index is 0.0578. The van der Waals surface area contributed by atoms with Crippen molar-refractivity contribution in [3.05, 3.63) is 65.2 Å². The van der Waals surface area contributed by atoms with E-state index >= 15 is 0 Å². The SMILES string of the molecule is O=C(O)c1cccc2c1N(Cc1ccccc1)C(=O)C2. The van der Waals surface area contributed by atoms with Crippen molar-refractivity contribution in [2.45, 2.75) is 13.0 Å².